The molecule has 4 aromatic rings. The van der Waals surface area contributed by atoms with Gasteiger partial charge >= 0.3 is 0 Å². The van der Waals surface area contributed by atoms with Gasteiger partial charge in [-0.25, -0.2) is 4.98 Å². The molecule has 0 saturated heterocycles. The van der Waals surface area contributed by atoms with Crippen molar-refractivity contribution in [1.29, 1.82) is 0 Å². The van der Waals surface area contributed by atoms with Crippen molar-refractivity contribution in [3.05, 3.63) is 109 Å². The van der Waals surface area contributed by atoms with Crippen LogP contribution in [0.5, 0.6) is 0 Å². The summed E-state index contributed by atoms with van der Waals surface area (Å²) in [6, 6.07) is 12.0. The van der Waals surface area contributed by atoms with Crippen LogP contribution in [-0.4, -0.2) is 30.8 Å². The molecule has 0 spiro atoms. The third-order valence-electron chi connectivity index (χ3n) is 5.04. The first kappa shape index (κ1) is 22.7. The summed E-state index contributed by atoms with van der Waals surface area (Å²) in [5.74, 6) is -0.350. The summed E-state index contributed by atoms with van der Waals surface area (Å²) in [4.78, 5) is 54.3. The molecule has 0 aliphatic carbocycles. The van der Waals surface area contributed by atoms with Crippen LogP contribution in [0.4, 0.5) is 5.69 Å². The van der Waals surface area contributed by atoms with E-state index in [2.05, 4.69) is 30.2 Å². The minimum absolute atomic E-state index is 0.0911. The van der Waals surface area contributed by atoms with Crippen molar-refractivity contribution in [2.45, 2.75) is 26.2 Å². The highest BCUT2D eigenvalue weighted by molar-refractivity contribution is 6.02. The van der Waals surface area contributed by atoms with E-state index >= 15 is 0 Å². The van der Waals surface area contributed by atoms with Gasteiger partial charge in [0.2, 0.25) is 0 Å². The van der Waals surface area contributed by atoms with Crippen LogP contribution >= 0.6 is 0 Å². The summed E-state index contributed by atoms with van der Waals surface area (Å²) in [5.41, 5.74) is 1.76. The van der Waals surface area contributed by atoms with Gasteiger partial charge < -0.3 is 20.3 Å². The van der Waals surface area contributed by atoms with E-state index in [-0.39, 0.29) is 27.7 Å². The second-order valence-corrected chi connectivity index (χ2v) is 8.73. The number of nitrogens with zero attached hydrogens (tertiary/aromatic N) is 2. The van der Waals surface area contributed by atoms with Crippen molar-refractivity contribution in [2.24, 2.45) is 0 Å². The normalized spacial score (nSPS) is 12.7. The molecule has 0 unspecified atom stereocenters. The van der Waals surface area contributed by atoms with E-state index in [9.17, 15) is 14.4 Å². The van der Waals surface area contributed by atoms with Crippen LogP contribution in [0.3, 0.4) is 0 Å². The van der Waals surface area contributed by atoms with Crippen LogP contribution in [0, 0.1) is 0 Å². The predicted molar refractivity (Wildman–Crippen MR) is 130 cm³/mol. The lowest BCUT2D eigenvalue weighted by Crippen LogP contribution is -2.46. The first-order valence-electron chi connectivity index (χ1n) is 10.6. The first-order chi connectivity index (χ1) is 16.2. The summed E-state index contributed by atoms with van der Waals surface area (Å²) in [5, 5.41) is 2.97. The number of hydrogen-bond acceptors (Lipinski definition) is 5. The van der Waals surface area contributed by atoms with Crippen molar-refractivity contribution >= 4 is 23.7 Å². The van der Waals surface area contributed by atoms with Gasteiger partial charge in [0.05, 0.1) is 12.0 Å². The Hall–Kier alpha value is -4.53. The molecule has 1 amide bonds. The molecule has 0 fully saturated rings. The summed E-state index contributed by atoms with van der Waals surface area (Å²) < 4.78 is 0. The Morgan fingerprint density at radius 3 is 2.35 bits per heavy atom. The average Bonchev–Trinajstić information content (AvgIpc) is 3.27. The topological polar surface area (TPSA) is 136 Å². The van der Waals surface area contributed by atoms with Crippen molar-refractivity contribution in [1.82, 2.24) is 24.9 Å². The van der Waals surface area contributed by atoms with Gasteiger partial charge in [-0.1, -0.05) is 39.0 Å². The molecule has 1 aromatic carbocycles. The monoisotopic (exact) mass is 456 g/mol. The minimum Gasteiger partial charge on any atom is -0.348 e. The Morgan fingerprint density at radius 1 is 0.941 bits per heavy atom. The number of nitrogens with one attached hydrogen (secondary N) is 4. The maximum absolute atomic E-state index is 12.7. The lowest BCUT2D eigenvalue weighted by atomic mass is 9.90. The third kappa shape index (κ3) is 5.09. The maximum atomic E-state index is 12.7. The molecule has 3 aromatic heterocycles. The quantitative estimate of drug-likeness (QED) is 0.368. The number of aromatic nitrogens is 5. The molecule has 0 aliphatic rings. The largest absolute Gasteiger partial charge is 0.348 e. The SMILES string of the molecule is CC(C)(C)c1[nH]cnc1/C=c1\[nH]c(=O)/c(=C/c2cccc(NC(=O)c3ccccn3)c2)[nH]c1=O. The highest BCUT2D eigenvalue weighted by atomic mass is 16.2. The molecular weight excluding hydrogens is 432 g/mol. The standard InChI is InChI=1S/C25H24N6O3/c1-25(2,3)21-18(27-14-28-21)13-20-24(34)30-19(23(33)31-20)12-15-7-6-8-16(11-15)29-22(32)17-9-4-5-10-26-17/h4-14H,1-3H3,(H,27,28)(H,29,32)(H,30,34)(H,31,33)/b19-12-,20-13-. The number of benzene rings is 1. The fourth-order valence-electron chi connectivity index (χ4n) is 3.41. The lowest BCUT2D eigenvalue weighted by Gasteiger charge is -2.16. The highest BCUT2D eigenvalue weighted by Crippen LogP contribution is 2.22. The zero-order valence-corrected chi connectivity index (χ0v) is 19.0. The number of hydrogen-bond donors (Lipinski definition) is 4. The summed E-state index contributed by atoms with van der Waals surface area (Å²) in [6.45, 7) is 6.07. The van der Waals surface area contributed by atoms with E-state index in [1.165, 1.54) is 6.08 Å². The molecule has 0 radical (unpaired) electrons. The Kier molecular flexibility index (Phi) is 6.09. The van der Waals surface area contributed by atoms with Crippen molar-refractivity contribution in [3.63, 3.8) is 0 Å². The molecule has 34 heavy (non-hydrogen) atoms. The molecular formula is C25H24N6O3. The first-order valence-corrected chi connectivity index (χ1v) is 10.6. The summed E-state index contributed by atoms with van der Waals surface area (Å²) >= 11 is 0. The second kappa shape index (κ2) is 9.14. The number of amides is 1. The molecule has 4 N–H and O–H groups in total. The van der Waals surface area contributed by atoms with Gasteiger partial charge in [-0.15, -0.1) is 0 Å². The van der Waals surface area contributed by atoms with Crippen LogP contribution in [0.25, 0.3) is 12.2 Å². The molecule has 9 nitrogen and oxygen atoms in total. The maximum Gasteiger partial charge on any atom is 0.274 e. The lowest BCUT2D eigenvalue weighted by molar-refractivity contribution is 0.102. The Morgan fingerprint density at radius 2 is 1.68 bits per heavy atom. The Bertz CT molecular complexity index is 1570. The molecule has 4 rings (SSSR count). The zero-order chi connectivity index (χ0) is 24.3. The summed E-state index contributed by atoms with van der Waals surface area (Å²) in [7, 11) is 0. The Balaban J connectivity index is 1.66. The third-order valence-corrected chi connectivity index (χ3v) is 5.04. The van der Waals surface area contributed by atoms with E-state index in [0.717, 1.165) is 5.69 Å². The van der Waals surface area contributed by atoms with Crippen LogP contribution in [-0.2, 0) is 5.41 Å². The molecule has 0 atom stereocenters. The average molecular weight is 457 g/mol. The van der Waals surface area contributed by atoms with E-state index in [4.69, 9.17) is 0 Å². The zero-order valence-electron chi connectivity index (χ0n) is 19.0. The number of rotatable bonds is 4. The van der Waals surface area contributed by atoms with Crippen LogP contribution in [0.15, 0.2) is 64.6 Å². The van der Waals surface area contributed by atoms with Gasteiger partial charge in [-0.3, -0.25) is 19.4 Å². The number of pyridine rings is 1. The van der Waals surface area contributed by atoms with Gasteiger partial charge in [-0.05, 0) is 42.0 Å². The molecule has 172 valence electrons. The second-order valence-electron chi connectivity index (χ2n) is 8.73. The van der Waals surface area contributed by atoms with Gasteiger partial charge in [-0.2, -0.15) is 0 Å². The predicted octanol–water partition coefficient (Wildman–Crippen LogP) is 1.39. The van der Waals surface area contributed by atoms with Crippen LogP contribution in [0.1, 0.15) is 48.2 Å². The minimum atomic E-state index is -0.457. The van der Waals surface area contributed by atoms with E-state index in [0.29, 0.717) is 16.9 Å². The van der Waals surface area contributed by atoms with E-state index < -0.39 is 11.1 Å². The van der Waals surface area contributed by atoms with Gasteiger partial charge in [0, 0.05) is 23.0 Å². The van der Waals surface area contributed by atoms with Crippen LogP contribution in [0.2, 0.25) is 0 Å². The fraction of sp³-hybridized carbons (Fsp3) is 0.160. The van der Waals surface area contributed by atoms with Crippen molar-refractivity contribution in [3.8, 4) is 0 Å². The molecule has 0 saturated carbocycles. The number of anilines is 1. The van der Waals surface area contributed by atoms with Crippen molar-refractivity contribution in [2.75, 3.05) is 5.32 Å². The highest BCUT2D eigenvalue weighted by Gasteiger charge is 2.19. The molecule has 0 bridgehead atoms. The fourth-order valence-corrected chi connectivity index (χ4v) is 3.41. The number of carbonyl (C=O) groups excluding carboxylic acids is 1. The van der Waals surface area contributed by atoms with Gasteiger partial charge in [0.1, 0.15) is 16.4 Å². The number of carbonyl (C=O) groups is 1. The van der Waals surface area contributed by atoms with E-state index in [1.807, 2.05) is 20.8 Å². The summed E-state index contributed by atoms with van der Waals surface area (Å²) in [6.07, 6.45) is 6.18. The number of H-pyrrole nitrogens is 3. The smallest absolute Gasteiger partial charge is 0.274 e. The van der Waals surface area contributed by atoms with Gasteiger partial charge in [0.25, 0.3) is 17.0 Å². The van der Waals surface area contributed by atoms with Crippen LogP contribution < -0.4 is 27.1 Å². The molecule has 0 aliphatic heterocycles. The van der Waals surface area contributed by atoms with Crippen molar-refractivity contribution < 1.29 is 4.79 Å². The van der Waals surface area contributed by atoms with E-state index in [1.54, 1.807) is 61.1 Å². The number of imidazole rings is 1. The Labute approximate surface area is 194 Å². The molecule has 3 heterocycles. The number of aromatic amines is 3. The van der Waals surface area contributed by atoms with Gasteiger partial charge in [0.15, 0.2) is 0 Å². The molecule has 9 heteroatoms.